The Labute approximate surface area is 391 Å². The average Bonchev–Trinajstić information content (AvgIpc) is 4.02. The van der Waals surface area contributed by atoms with Crippen LogP contribution in [-0.2, 0) is 35.9 Å². The first-order valence-corrected chi connectivity index (χ1v) is 23.9. The molecule has 4 saturated heterocycles. The number of hydrogen-bond donors (Lipinski definition) is 2. The first-order valence-electron chi connectivity index (χ1n) is 23.9. The van der Waals surface area contributed by atoms with Crippen LogP contribution < -0.4 is 15.9 Å². The number of imidazole rings is 1. The van der Waals surface area contributed by atoms with E-state index in [-0.39, 0.29) is 23.8 Å². The van der Waals surface area contributed by atoms with Crippen LogP contribution >= 0.6 is 0 Å². The number of pyridine rings is 1. The summed E-state index contributed by atoms with van der Waals surface area (Å²) in [7, 11) is 1.69. The van der Waals surface area contributed by atoms with Crippen molar-refractivity contribution in [3.63, 3.8) is 0 Å². The van der Waals surface area contributed by atoms with Crippen LogP contribution in [0.5, 0.6) is 0 Å². The van der Waals surface area contributed by atoms with Crippen molar-refractivity contribution >= 4 is 28.9 Å². The van der Waals surface area contributed by atoms with Crippen LogP contribution in [0.2, 0.25) is 0 Å². The molecule has 2 N–H and O–H groups in total. The predicted molar refractivity (Wildman–Crippen MR) is 246 cm³/mol. The Morgan fingerprint density at radius 2 is 1.57 bits per heavy atom. The molecule has 4 fully saturated rings. The Kier molecular flexibility index (Phi) is 12.7. The van der Waals surface area contributed by atoms with E-state index in [1.807, 2.05) is 12.1 Å². The summed E-state index contributed by atoms with van der Waals surface area (Å²) in [6.45, 7) is 10.4. The standard InChI is InChI=1S/C49H58F3N11O5/c1-56-31-53-55-45(56)44(65)35-3-2-4-38(24-35)61-30-42-40(49(50,51)52)23-34(28-63(42)48(61)68)27-58-17-10-32(11-18-58)9-14-57-15-12-33(13-16-57)26-59-19-21-60(22-20-59)37-5-6-39-36(25-37)29-62(47(39)67)41-7-8-43(64)54-46(41)66/h2-6,23-25,28,30-33,41,44,65H,7-22,26-27,29H2,1H3,(H,54,64,66)/t41-,44-/m1/s1. The molecule has 0 spiro atoms. The highest BCUT2D eigenvalue weighted by Gasteiger charge is 2.40. The van der Waals surface area contributed by atoms with Crippen LogP contribution in [0.1, 0.15) is 89.5 Å². The van der Waals surface area contributed by atoms with Crippen LogP contribution in [-0.4, -0.2) is 138 Å². The number of rotatable bonds is 12. The van der Waals surface area contributed by atoms with Crippen LogP contribution in [0.25, 0.3) is 11.2 Å². The molecule has 0 unspecified atom stereocenters. The second-order valence-electron chi connectivity index (χ2n) is 19.4. The van der Waals surface area contributed by atoms with Crippen molar-refractivity contribution < 1.29 is 32.7 Å². The molecule has 3 aromatic heterocycles. The molecule has 0 radical (unpaired) electrons. The summed E-state index contributed by atoms with van der Waals surface area (Å²) in [4.78, 5) is 62.4. The quantitative estimate of drug-likeness (QED) is 0.173. The number of alkyl halides is 3. The smallest absolute Gasteiger partial charge is 0.380 e. The van der Waals surface area contributed by atoms with Crippen LogP contribution in [0.3, 0.4) is 0 Å². The number of aromatic nitrogens is 5. The number of piperazine rings is 1. The van der Waals surface area contributed by atoms with Gasteiger partial charge in [0.2, 0.25) is 11.8 Å². The third-order valence-electron chi connectivity index (χ3n) is 15.0. The number of imide groups is 1. The number of fused-ring (bicyclic) bond motifs is 2. The average molecular weight is 938 g/mol. The van der Waals surface area contributed by atoms with Crippen molar-refractivity contribution in [2.75, 3.05) is 70.3 Å². The van der Waals surface area contributed by atoms with Crippen LogP contribution in [0, 0.1) is 11.8 Å². The summed E-state index contributed by atoms with van der Waals surface area (Å²) < 4.78 is 47.5. The number of amides is 3. The summed E-state index contributed by atoms with van der Waals surface area (Å²) in [5.74, 6) is 0.683. The predicted octanol–water partition coefficient (Wildman–Crippen LogP) is 4.22. The van der Waals surface area contributed by atoms with Gasteiger partial charge in [0, 0.05) is 82.9 Å². The molecule has 3 amide bonds. The zero-order valence-electron chi connectivity index (χ0n) is 38.3. The van der Waals surface area contributed by atoms with Crippen LogP contribution in [0.15, 0.2) is 72.0 Å². The fourth-order valence-corrected chi connectivity index (χ4v) is 11.0. The number of halogens is 3. The number of benzene rings is 2. The van der Waals surface area contributed by atoms with Gasteiger partial charge in [0.1, 0.15) is 18.5 Å². The van der Waals surface area contributed by atoms with Gasteiger partial charge in [-0.25, -0.2) is 4.79 Å². The lowest BCUT2D eigenvalue weighted by Crippen LogP contribution is -2.52. The van der Waals surface area contributed by atoms with E-state index in [0.29, 0.717) is 59.5 Å². The molecule has 68 heavy (non-hydrogen) atoms. The molecule has 8 heterocycles. The minimum absolute atomic E-state index is 0.149. The topological polar surface area (TPSA) is 157 Å². The van der Waals surface area contributed by atoms with Crippen molar-refractivity contribution in [1.82, 2.24) is 48.6 Å². The summed E-state index contributed by atoms with van der Waals surface area (Å²) in [6, 6.07) is 13.0. The summed E-state index contributed by atoms with van der Waals surface area (Å²) in [5.41, 5.74) is 2.11. The molecule has 19 heteroatoms. The van der Waals surface area contributed by atoms with Crippen molar-refractivity contribution in [3.8, 4) is 5.69 Å². The molecule has 0 bridgehead atoms. The molecule has 0 saturated carbocycles. The van der Waals surface area contributed by atoms with E-state index in [2.05, 4.69) is 41.2 Å². The van der Waals surface area contributed by atoms with E-state index in [9.17, 15) is 37.5 Å². The number of carbonyl (C=O) groups is 3. The number of piperidine rings is 3. The molecule has 5 aliphatic rings. The maximum atomic E-state index is 14.6. The van der Waals surface area contributed by atoms with E-state index in [0.717, 1.165) is 100 Å². The molecule has 10 rings (SSSR count). The Balaban J connectivity index is 0.668. The van der Waals surface area contributed by atoms with Gasteiger partial charge in [-0.15, -0.1) is 10.2 Å². The number of aliphatic hydroxyl groups is 1. The number of hydrogen-bond acceptors (Lipinski definition) is 11. The van der Waals surface area contributed by atoms with E-state index in [1.165, 1.54) is 42.2 Å². The molecule has 16 nitrogen and oxygen atoms in total. The number of nitrogens with one attached hydrogen (secondary N) is 1. The first kappa shape index (κ1) is 45.9. The van der Waals surface area contributed by atoms with Crippen molar-refractivity contribution in [3.05, 3.63) is 111 Å². The van der Waals surface area contributed by atoms with E-state index < -0.39 is 35.5 Å². The zero-order valence-corrected chi connectivity index (χ0v) is 38.3. The maximum Gasteiger partial charge on any atom is 0.418 e. The van der Waals surface area contributed by atoms with Gasteiger partial charge in [-0.3, -0.25) is 38.5 Å². The second-order valence-corrected chi connectivity index (χ2v) is 19.4. The fourth-order valence-electron chi connectivity index (χ4n) is 11.0. The minimum Gasteiger partial charge on any atom is -0.380 e. The number of aliphatic hydroxyl groups excluding tert-OH is 1. The molecule has 5 aromatic rings. The molecule has 0 aliphatic carbocycles. The van der Waals surface area contributed by atoms with Gasteiger partial charge in [-0.1, -0.05) is 12.1 Å². The molecule has 5 aliphatic heterocycles. The van der Waals surface area contributed by atoms with Crippen molar-refractivity contribution in [2.45, 2.75) is 76.4 Å². The summed E-state index contributed by atoms with van der Waals surface area (Å²) >= 11 is 0. The monoisotopic (exact) mass is 937 g/mol. The summed E-state index contributed by atoms with van der Waals surface area (Å²) in [5, 5.41) is 21.1. The van der Waals surface area contributed by atoms with Gasteiger partial charge in [0.15, 0.2) is 5.82 Å². The minimum atomic E-state index is -4.68. The van der Waals surface area contributed by atoms with E-state index >= 15 is 0 Å². The third kappa shape index (κ3) is 9.45. The lowest BCUT2D eigenvalue weighted by molar-refractivity contribution is -0.137. The first-order chi connectivity index (χ1) is 32.7. The third-order valence-corrected chi connectivity index (χ3v) is 15.0. The summed E-state index contributed by atoms with van der Waals surface area (Å²) in [6.07, 6.45) is 4.39. The van der Waals surface area contributed by atoms with E-state index in [1.54, 1.807) is 40.8 Å². The Hall–Kier alpha value is -5.89. The molecule has 360 valence electrons. The van der Waals surface area contributed by atoms with Crippen molar-refractivity contribution in [1.29, 1.82) is 0 Å². The lowest BCUT2D eigenvalue weighted by atomic mass is 9.91. The Morgan fingerprint density at radius 3 is 2.29 bits per heavy atom. The van der Waals surface area contributed by atoms with E-state index in [4.69, 9.17) is 0 Å². The molecular weight excluding hydrogens is 880 g/mol. The number of anilines is 1. The second kappa shape index (κ2) is 18.9. The maximum absolute atomic E-state index is 14.6. The van der Waals surface area contributed by atoms with Gasteiger partial charge < -0.3 is 24.4 Å². The highest BCUT2D eigenvalue weighted by atomic mass is 19.4. The number of nitrogens with zero attached hydrogens (tertiary/aromatic N) is 10. The number of likely N-dealkylation sites (tertiary alicyclic amines) is 2. The molecule has 2 aromatic carbocycles. The SMILES string of the molecule is Cn1cnnc1[C@H](O)c1cccc(-n2cc3c(C(F)(F)F)cc(CN4CCC(CCN5CCC(CN6CCN(c7ccc8c(c7)CN([C@@H]7CCC(=O)NC7=O)C8=O)CC6)CC5)CC4)cn3c2=O)c1. The van der Waals surface area contributed by atoms with Crippen LogP contribution in [0.4, 0.5) is 18.9 Å². The van der Waals surface area contributed by atoms with Crippen molar-refractivity contribution in [2.24, 2.45) is 18.9 Å². The normalized spacial score (nSPS) is 21.2. The van der Waals surface area contributed by atoms with Gasteiger partial charge in [-0.2, -0.15) is 13.2 Å². The van der Waals surface area contributed by atoms with Gasteiger partial charge >= 0.3 is 11.9 Å². The lowest BCUT2D eigenvalue weighted by Gasteiger charge is -2.40. The van der Waals surface area contributed by atoms with Gasteiger partial charge in [0.05, 0.1) is 16.8 Å². The number of aryl methyl sites for hydroxylation is 1. The Bertz CT molecular complexity index is 2750. The highest BCUT2D eigenvalue weighted by molar-refractivity contribution is 6.05. The van der Waals surface area contributed by atoms with Gasteiger partial charge in [-0.05, 0) is 136 Å². The largest absolute Gasteiger partial charge is 0.418 e. The number of carbonyl (C=O) groups excluding carboxylic acids is 3. The van der Waals surface area contributed by atoms with Gasteiger partial charge in [0.25, 0.3) is 5.91 Å². The molecular formula is C49H58F3N11O5. The molecule has 2 atom stereocenters. The zero-order chi connectivity index (χ0) is 47.3. The Morgan fingerprint density at radius 1 is 0.824 bits per heavy atom. The highest BCUT2D eigenvalue weighted by Crippen LogP contribution is 2.35. The fraction of sp³-hybridized carbons (Fsp3) is 0.510.